The van der Waals surface area contributed by atoms with Crippen LogP contribution in [0.4, 0.5) is 0 Å². The highest BCUT2D eigenvalue weighted by Crippen LogP contribution is 2.19. The number of nitrogens with one attached hydrogen (secondary N) is 2. The predicted octanol–water partition coefficient (Wildman–Crippen LogP) is 2.43. The second-order valence-electron chi connectivity index (χ2n) is 5.67. The van der Waals surface area contributed by atoms with E-state index in [9.17, 15) is 9.90 Å². The molecule has 4 nitrogen and oxygen atoms in total. The van der Waals surface area contributed by atoms with E-state index in [0.717, 1.165) is 22.0 Å². The fourth-order valence-corrected chi connectivity index (χ4v) is 2.79. The Bertz CT molecular complexity index is 780. The summed E-state index contributed by atoms with van der Waals surface area (Å²) in [7, 11) is 0. The van der Waals surface area contributed by atoms with Crippen molar-refractivity contribution >= 4 is 16.8 Å². The minimum atomic E-state index is -0.287. The molecule has 118 valence electrons. The summed E-state index contributed by atoms with van der Waals surface area (Å²) in [5.41, 5.74) is 3.13. The smallest absolute Gasteiger partial charge is 0.224 e. The molecule has 0 aliphatic carbocycles. The van der Waals surface area contributed by atoms with Crippen molar-refractivity contribution in [3.05, 3.63) is 71.9 Å². The van der Waals surface area contributed by atoms with E-state index in [2.05, 4.69) is 10.3 Å². The van der Waals surface area contributed by atoms with Gasteiger partial charge in [-0.1, -0.05) is 48.5 Å². The van der Waals surface area contributed by atoms with Crippen molar-refractivity contribution < 1.29 is 9.90 Å². The van der Waals surface area contributed by atoms with E-state index >= 15 is 0 Å². The van der Waals surface area contributed by atoms with E-state index in [1.165, 1.54) is 0 Å². The van der Waals surface area contributed by atoms with Gasteiger partial charge < -0.3 is 15.4 Å². The number of para-hydroxylation sites is 1. The highest BCUT2D eigenvalue weighted by molar-refractivity contribution is 5.83. The molecule has 0 aliphatic rings. The first-order chi connectivity index (χ1) is 11.3. The van der Waals surface area contributed by atoms with E-state index < -0.39 is 0 Å². The first kappa shape index (κ1) is 15.3. The minimum absolute atomic E-state index is 0.0740. The van der Waals surface area contributed by atoms with Gasteiger partial charge in [0.1, 0.15) is 0 Å². The topological polar surface area (TPSA) is 65.1 Å². The van der Waals surface area contributed by atoms with Crippen LogP contribution in [0.5, 0.6) is 0 Å². The summed E-state index contributed by atoms with van der Waals surface area (Å²) in [6.45, 7) is -0.0833. The van der Waals surface area contributed by atoms with Crippen molar-refractivity contribution in [1.82, 2.24) is 10.3 Å². The van der Waals surface area contributed by atoms with Gasteiger partial charge in [0.15, 0.2) is 0 Å². The molecule has 3 rings (SSSR count). The number of hydrogen-bond donors (Lipinski definition) is 3. The number of benzene rings is 2. The van der Waals surface area contributed by atoms with Gasteiger partial charge in [-0.3, -0.25) is 4.79 Å². The number of aromatic amines is 1. The molecule has 0 saturated carbocycles. The number of H-pyrrole nitrogens is 1. The zero-order chi connectivity index (χ0) is 16.1. The number of fused-ring (bicyclic) bond motifs is 1. The summed E-state index contributed by atoms with van der Waals surface area (Å²) in [5.74, 6) is -0.0740. The van der Waals surface area contributed by atoms with Gasteiger partial charge in [-0.15, -0.1) is 0 Å². The van der Waals surface area contributed by atoms with Crippen molar-refractivity contribution in [3.8, 4) is 0 Å². The second-order valence-corrected chi connectivity index (χ2v) is 5.67. The van der Waals surface area contributed by atoms with Crippen LogP contribution in [0.2, 0.25) is 0 Å². The molecule has 0 saturated heterocycles. The minimum Gasteiger partial charge on any atom is -0.394 e. The standard InChI is InChI=1S/C19H20N2O2/c22-13-16(21-19(23)10-14-6-2-1-3-7-14)11-15-12-20-18-9-5-4-8-17(15)18/h1-9,12,16,20,22H,10-11,13H2,(H,21,23)/t16-/m1/s1. The van der Waals surface area contributed by atoms with E-state index in [4.69, 9.17) is 0 Å². The molecule has 1 heterocycles. The van der Waals surface area contributed by atoms with Crippen molar-refractivity contribution in [3.63, 3.8) is 0 Å². The molecule has 0 bridgehead atoms. The van der Waals surface area contributed by atoms with Gasteiger partial charge in [0, 0.05) is 17.1 Å². The summed E-state index contributed by atoms with van der Waals surface area (Å²) < 4.78 is 0. The molecule has 0 unspecified atom stereocenters. The molecule has 2 aromatic carbocycles. The normalized spacial score (nSPS) is 12.2. The Morgan fingerprint density at radius 2 is 1.83 bits per heavy atom. The molecule has 0 spiro atoms. The molecule has 3 N–H and O–H groups in total. The Hall–Kier alpha value is -2.59. The average molecular weight is 308 g/mol. The third-order valence-corrected chi connectivity index (χ3v) is 3.93. The summed E-state index contributed by atoms with van der Waals surface area (Å²) in [6, 6.07) is 17.3. The Morgan fingerprint density at radius 1 is 1.09 bits per heavy atom. The van der Waals surface area contributed by atoms with Crippen LogP contribution >= 0.6 is 0 Å². The molecule has 4 heteroatoms. The molecule has 1 atom stereocenters. The largest absolute Gasteiger partial charge is 0.394 e. The van der Waals surface area contributed by atoms with E-state index in [-0.39, 0.29) is 18.6 Å². The van der Waals surface area contributed by atoms with Crippen molar-refractivity contribution in [2.45, 2.75) is 18.9 Å². The lowest BCUT2D eigenvalue weighted by atomic mass is 10.0. The SMILES string of the molecule is O=C(Cc1ccccc1)N[C@@H](CO)Cc1c[nH]c2ccccc12. The van der Waals surface area contributed by atoms with E-state index in [1.54, 1.807) is 0 Å². The summed E-state index contributed by atoms with van der Waals surface area (Å²) in [4.78, 5) is 15.4. The Balaban J connectivity index is 1.65. The average Bonchev–Trinajstić information content (AvgIpc) is 2.98. The number of carbonyl (C=O) groups is 1. The molecule has 1 aromatic heterocycles. The van der Waals surface area contributed by atoms with Crippen LogP contribution in [-0.2, 0) is 17.6 Å². The lowest BCUT2D eigenvalue weighted by molar-refractivity contribution is -0.121. The molecule has 0 aliphatic heterocycles. The number of aromatic nitrogens is 1. The predicted molar refractivity (Wildman–Crippen MR) is 91.2 cm³/mol. The summed E-state index contributed by atoms with van der Waals surface area (Å²) in [5, 5.41) is 13.6. The quantitative estimate of drug-likeness (QED) is 0.655. The molecule has 3 aromatic rings. The number of amides is 1. The maximum atomic E-state index is 12.1. The highest BCUT2D eigenvalue weighted by atomic mass is 16.3. The Kier molecular flexibility index (Phi) is 4.74. The van der Waals surface area contributed by atoms with Crippen LogP contribution in [0.25, 0.3) is 10.9 Å². The Labute approximate surface area is 135 Å². The van der Waals surface area contributed by atoms with Crippen LogP contribution in [0.15, 0.2) is 60.8 Å². The number of rotatable bonds is 6. The highest BCUT2D eigenvalue weighted by Gasteiger charge is 2.14. The molecular formula is C19H20N2O2. The van der Waals surface area contributed by atoms with Crippen LogP contribution in [0.1, 0.15) is 11.1 Å². The Morgan fingerprint density at radius 3 is 2.61 bits per heavy atom. The number of carbonyl (C=O) groups excluding carboxylic acids is 1. The van der Waals surface area contributed by atoms with Gasteiger partial charge in [-0.05, 0) is 23.6 Å². The summed E-state index contributed by atoms with van der Waals surface area (Å²) >= 11 is 0. The van der Waals surface area contributed by atoms with Crippen LogP contribution < -0.4 is 5.32 Å². The number of aliphatic hydroxyl groups excluding tert-OH is 1. The van der Waals surface area contributed by atoms with Crippen LogP contribution in [0, 0.1) is 0 Å². The lowest BCUT2D eigenvalue weighted by Crippen LogP contribution is -2.39. The first-order valence-corrected chi connectivity index (χ1v) is 7.75. The molecule has 0 fully saturated rings. The fourth-order valence-electron chi connectivity index (χ4n) is 2.79. The third kappa shape index (κ3) is 3.79. The van der Waals surface area contributed by atoms with Gasteiger partial charge in [0.05, 0.1) is 19.1 Å². The third-order valence-electron chi connectivity index (χ3n) is 3.93. The van der Waals surface area contributed by atoms with Gasteiger partial charge in [0.25, 0.3) is 0 Å². The molecular weight excluding hydrogens is 288 g/mol. The zero-order valence-electron chi connectivity index (χ0n) is 12.8. The summed E-state index contributed by atoms with van der Waals surface area (Å²) in [6.07, 6.45) is 2.86. The molecule has 0 radical (unpaired) electrons. The lowest BCUT2D eigenvalue weighted by Gasteiger charge is -2.16. The van der Waals surface area contributed by atoms with Crippen LogP contribution in [0.3, 0.4) is 0 Å². The zero-order valence-corrected chi connectivity index (χ0v) is 12.8. The van der Waals surface area contributed by atoms with Gasteiger partial charge in [0.2, 0.25) is 5.91 Å². The van der Waals surface area contributed by atoms with Gasteiger partial charge >= 0.3 is 0 Å². The van der Waals surface area contributed by atoms with Gasteiger partial charge in [-0.2, -0.15) is 0 Å². The fraction of sp³-hybridized carbons (Fsp3) is 0.211. The maximum Gasteiger partial charge on any atom is 0.224 e. The number of aliphatic hydroxyl groups is 1. The monoisotopic (exact) mass is 308 g/mol. The maximum absolute atomic E-state index is 12.1. The van der Waals surface area contributed by atoms with Crippen LogP contribution in [-0.4, -0.2) is 28.6 Å². The van der Waals surface area contributed by atoms with Crippen molar-refractivity contribution in [2.24, 2.45) is 0 Å². The number of hydrogen-bond acceptors (Lipinski definition) is 2. The first-order valence-electron chi connectivity index (χ1n) is 7.75. The van der Waals surface area contributed by atoms with Gasteiger partial charge in [-0.25, -0.2) is 0 Å². The molecule has 23 heavy (non-hydrogen) atoms. The van der Waals surface area contributed by atoms with E-state index in [0.29, 0.717) is 12.8 Å². The van der Waals surface area contributed by atoms with E-state index in [1.807, 2.05) is 60.8 Å². The van der Waals surface area contributed by atoms with Crippen molar-refractivity contribution in [2.75, 3.05) is 6.61 Å². The second kappa shape index (κ2) is 7.11. The van der Waals surface area contributed by atoms with Crippen molar-refractivity contribution in [1.29, 1.82) is 0 Å². The molecule has 1 amide bonds.